The maximum atomic E-state index is 12.7. The first kappa shape index (κ1) is 19.3. The molecule has 3 aromatic rings. The molecule has 2 aromatic heterocycles. The number of aromatic nitrogens is 3. The second-order valence-corrected chi connectivity index (χ2v) is 7.11. The molecule has 4 rings (SSSR count). The van der Waals surface area contributed by atoms with Gasteiger partial charge in [-0.25, -0.2) is 4.98 Å². The van der Waals surface area contributed by atoms with E-state index in [0.717, 1.165) is 12.1 Å². The molecule has 0 radical (unpaired) electrons. The van der Waals surface area contributed by atoms with Gasteiger partial charge < -0.3 is 19.6 Å². The Bertz CT molecular complexity index is 1030. The van der Waals surface area contributed by atoms with Crippen LogP contribution in [-0.2, 0) is 24.1 Å². The quantitative estimate of drug-likeness (QED) is 0.454. The predicted molar refractivity (Wildman–Crippen MR) is 95.5 cm³/mol. The topological polar surface area (TPSA) is 92.3 Å². The summed E-state index contributed by atoms with van der Waals surface area (Å²) in [5.41, 5.74) is 0.510. The van der Waals surface area contributed by atoms with Crippen molar-refractivity contribution in [2.45, 2.75) is 25.4 Å². The number of nitrogens with zero attached hydrogens (tertiary/aromatic N) is 4. The van der Waals surface area contributed by atoms with Gasteiger partial charge in [0.25, 0.3) is 0 Å². The van der Waals surface area contributed by atoms with Crippen LogP contribution in [0.4, 0.5) is 19.0 Å². The second kappa shape index (κ2) is 7.44. The number of halogens is 3. The zero-order valence-corrected chi connectivity index (χ0v) is 15.4. The molecule has 0 saturated carbocycles. The van der Waals surface area contributed by atoms with E-state index in [1.807, 2.05) is 0 Å². The van der Waals surface area contributed by atoms with E-state index < -0.39 is 16.7 Å². The molecule has 1 aromatic carbocycles. The molecule has 8 nitrogen and oxygen atoms in total. The van der Waals surface area contributed by atoms with E-state index in [4.69, 9.17) is 9.47 Å². The normalized spacial score (nSPS) is 16.3. The monoisotopic (exact) mass is 426 g/mol. The first-order chi connectivity index (χ1) is 13.8. The minimum atomic E-state index is -4.38. The Morgan fingerprint density at radius 2 is 2.07 bits per heavy atom. The van der Waals surface area contributed by atoms with Crippen LogP contribution in [0.1, 0.15) is 11.3 Å². The Morgan fingerprint density at radius 3 is 2.76 bits per heavy atom. The van der Waals surface area contributed by atoms with Gasteiger partial charge in [0, 0.05) is 15.9 Å². The SMILES string of the molecule is O=[N+]([O-])c1cn2c(n1)OC[C@@H](OCc1csc(-c3ccc(C(F)(F)F)cc3)n1)C2. The summed E-state index contributed by atoms with van der Waals surface area (Å²) in [6, 6.07) is 4.99. The molecule has 0 amide bonds. The van der Waals surface area contributed by atoms with Gasteiger partial charge in [0.05, 0.1) is 24.4 Å². The number of thiazole rings is 1. The molecule has 0 fully saturated rings. The number of hydrogen-bond donors (Lipinski definition) is 0. The van der Waals surface area contributed by atoms with Crippen molar-refractivity contribution in [2.75, 3.05) is 6.61 Å². The molecule has 0 N–H and O–H groups in total. The van der Waals surface area contributed by atoms with Gasteiger partial charge in [0.1, 0.15) is 23.9 Å². The van der Waals surface area contributed by atoms with Crippen molar-refractivity contribution in [3.8, 4) is 16.6 Å². The Morgan fingerprint density at radius 1 is 1.31 bits per heavy atom. The highest BCUT2D eigenvalue weighted by Gasteiger charge is 2.30. The highest BCUT2D eigenvalue weighted by molar-refractivity contribution is 7.13. The summed E-state index contributed by atoms with van der Waals surface area (Å²) >= 11 is 1.30. The summed E-state index contributed by atoms with van der Waals surface area (Å²) in [5, 5.41) is 13.1. The van der Waals surface area contributed by atoms with E-state index in [0.29, 0.717) is 22.8 Å². The molecule has 0 spiro atoms. The van der Waals surface area contributed by atoms with E-state index in [1.54, 1.807) is 5.38 Å². The molecule has 1 aliphatic rings. The molecular weight excluding hydrogens is 413 g/mol. The molecule has 3 heterocycles. The lowest BCUT2D eigenvalue weighted by molar-refractivity contribution is -0.389. The fourth-order valence-corrected chi connectivity index (χ4v) is 3.58. The molecule has 0 bridgehead atoms. The number of imidazole rings is 1. The zero-order valence-electron chi connectivity index (χ0n) is 14.6. The lowest BCUT2D eigenvalue weighted by atomic mass is 10.1. The van der Waals surface area contributed by atoms with E-state index in [9.17, 15) is 23.3 Å². The molecule has 1 atom stereocenters. The Kier molecular flexibility index (Phi) is 4.96. The largest absolute Gasteiger partial charge is 0.443 e. The number of benzene rings is 1. The lowest BCUT2D eigenvalue weighted by Crippen LogP contribution is -2.32. The van der Waals surface area contributed by atoms with Crippen LogP contribution in [0.5, 0.6) is 6.01 Å². The number of nitro groups is 1. The van der Waals surface area contributed by atoms with Gasteiger partial charge in [-0.15, -0.1) is 11.3 Å². The van der Waals surface area contributed by atoms with Gasteiger partial charge in [-0.05, 0) is 17.1 Å². The van der Waals surface area contributed by atoms with Crippen molar-refractivity contribution >= 4 is 17.2 Å². The van der Waals surface area contributed by atoms with E-state index in [1.165, 1.54) is 34.2 Å². The van der Waals surface area contributed by atoms with Crippen LogP contribution in [0.15, 0.2) is 35.8 Å². The van der Waals surface area contributed by atoms with Crippen molar-refractivity contribution < 1.29 is 27.6 Å². The molecule has 0 saturated heterocycles. The van der Waals surface area contributed by atoms with Crippen molar-refractivity contribution in [2.24, 2.45) is 0 Å². The van der Waals surface area contributed by atoms with Gasteiger partial charge in [-0.3, -0.25) is 4.57 Å². The van der Waals surface area contributed by atoms with Gasteiger partial charge in [0.15, 0.2) is 0 Å². The van der Waals surface area contributed by atoms with Crippen LogP contribution >= 0.6 is 11.3 Å². The average molecular weight is 426 g/mol. The smallest absolute Gasteiger partial charge is 0.416 e. The van der Waals surface area contributed by atoms with Crippen LogP contribution in [0.2, 0.25) is 0 Å². The third-order valence-electron chi connectivity index (χ3n) is 4.19. The van der Waals surface area contributed by atoms with Crippen molar-refractivity contribution in [3.05, 3.63) is 57.2 Å². The van der Waals surface area contributed by atoms with Crippen molar-refractivity contribution in [1.82, 2.24) is 14.5 Å². The highest BCUT2D eigenvalue weighted by atomic mass is 32.1. The average Bonchev–Trinajstić information content (AvgIpc) is 3.32. The maximum absolute atomic E-state index is 12.7. The number of alkyl halides is 3. The molecule has 1 aliphatic heterocycles. The minimum Gasteiger partial charge on any atom is -0.443 e. The summed E-state index contributed by atoms with van der Waals surface area (Å²) in [7, 11) is 0. The minimum absolute atomic E-state index is 0.176. The molecule has 0 aliphatic carbocycles. The molecule has 29 heavy (non-hydrogen) atoms. The zero-order chi connectivity index (χ0) is 20.6. The Labute approximate surface area is 165 Å². The molecule has 152 valence electrons. The Hall–Kier alpha value is -2.99. The van der Waals surface area contributed by atoms with Crippen molar-refractivity contribution in [1.29, 1.82) is 0 Å². The van der Waals surface area contributed by atoms with E-state index in [2.05, 4.69) is 9.97 Å². The van der Waals surface area contributed by atoms with E-state index >= 15 is 0 Å². The first-order valence-electron chi connectivity index (χ1n) is 8.37. The van der Waals surface area contributed by atoms with Crippen LogP contribution < -0.4 is 4.74 Å². The number of hydrogen-bond acceptors (Lipinski definition) is 7. The van der Waals surface area contributed by atoms with Gasteiger partial charge in [-0.1, -0.05) is 12.1 Å². The first-order valence-corrected chi connectivity index (χ1v) is 9.25. The van der Waals surface area contributed by atoms with Crippen LogP contribution in [0.3, 0.4) is 0 Å². The van der Waals surface area contributed by atoms with E-state index in [-0.39, 0.29) is 31.1 Å². The summed E-state index contributed by atoms with van der Waals surface area (Å²) in [6.07, 6.45) is -3.43. The number of rotatable bonds is 5. The highest BCUT2D eigenvalue weighted by Crippen LogP contribution is 2.32. The fraction of sp³-hybridized carbons (Fsp3) is 0.294. The van der Waals surface area contributed by atoms with Crippen molar-refractivity contribution in [3.63, 3.8) is 0 Å². The maximum Gasteiger partial charge on any atom is 0.416 e. The molecule has 12 heteroatoms. The summed E-state index contributed by atoms with van der Waals surface area (Å²) in [5.74, 6) is -0.290. The van der Waals surface area contributed by atoms with Crippen LogP contribution in [0.25, 0.3) is 10.6 Å². The van der Waals surface area contributed by atoms with Gasteiger partial charge >= 0.3 is 18.0 Å². The van der Waals surface area contributed by atoms with Crippen LogP contribution in [-0.4, -0.2) is 32.2 Å². The third-order valence-corrected chi connectivity index (χ3v) is 5.13. The predicted octanol–water partition coefficient (Wildman–Crippen LogP) is 3.91. The lowest BCUT2D eigenvalue weighted by Gasteiger charge is -2.21. The molecule has 0 unspecified atom stereocenters. The standard InChI is InChI=1S/C17H13F3N4O4S/c18-17(19,20)11-3-1-10(2-4-11)15-21-12(9-29-15)7-27-13-5-23-6-14(24(25)26)22-16(23)28-8-13/h1-4,6,9,13H,5,7-8H2/t13-/m0/s1. The third kappa shape index (κ3) is 4.22. The number of ether oxygens (including phenoxy) is 2. The second-order valence-electron chi connectivity index (χ2n) is 6.25. The van der Waals surface area contributed by atoms with Gasteiger partial charge in [-0.2, -0.15) is 13.2 Å². The summed E-state index contributed by atoms with van der Waals surface area (Å²) in [4.78, 5) is 18.3. The van der Waals surface area contributed by atoms with Gasteiger partial charge in [0.2, 0.25) is 0 Å². The summed E-state index contributed by atoms with van der Waals surface area (Å²) in [6.45, 7) is 0.730. The number of fused-ring (bicyclic) bond motifs is 1. The fourth-order valence-electron chi connectivity index (χ4n) is 2.77. The summed E-state index contributed by atoms with van der Waals surface area (Å²) < 4.78 is 50.6. The van der Waals surface area contributed by atoms with Crippen LogP contribution in [0, 0.1) is 10.1 Å². The Balaban J connectivity index is 1.37. The molecular formula is C17H13F3N4O4S.